The van der Waals surface area contributed by atoms with Crippen molar-refractivity contribution in [3.63, 3.8) is 0 Å². The number of nitriles is 1. The van der Waals surface area contributed by atoms with Gasteiger partial charge in [0.1, 0.15) is 5.82 Å². The predicted molar refractivity (Wildman–Crippen MR) is 104 cm³/mol. The largest absolute Gasteiger partial charge is 0.493 e. The van der Waals surface area contributed by atoms with Crippen LogP contribution in [-0.2, 0) is 11.3 Å². The Morgan fingerprint density at radius 1 is 1.41 bits per heavy atom. The molecule has 0 saturated heterocycles. The first-order chi connectivity index (χ1) is 13.0. The van der Waals surface area contributed by atoms with Crippen molar-refractivity contribution in [1.29, 1.82) is 5.26 Å². The van der Waals surface area contributed by atoms with E-state index in [2.05, 4.69) is 26.7 Å². The van der Waals surface area contributed by atoms with Gasteiger partial charge in [-0.3, -0.25) is 0 Å². The Bertz CT molecular complexity index is 919. The molecule has 1 aliphatic heterocycles. The van der Waals surface area contributed by atoms with E-state index in [9.17, 15) is 10.3 Å². The van der Waals surface area contributed by atoms with Crippen LogP contribution in [0.3, 0.4) is 0 Å². The molecular formula is C18H19BClN5O2. The van der Waals surface area contributed by atoms with Gasteiger partial charge in [0.15, 0.2) is 0 Å². The van der Waals surface area contributed by atoms with E-state index in [0.29, 0.717) is 23.0 Å². The molecule has 9 heteroatoms. The summed E-state index contributed by atoms with van der Waals surface area (Å²) < 4.78 is 5.21. The predicted octanol–water partition coefficient (Wildman–Crippen LogP) is 2.50. The number of benzene rings is 1. The highest BCUT2D eigenvalue weighted by Gasteiger charge is 2.30. The fraction of sp³-hybridized carbons (Fsp3) is 0.389. The van der Waals surface area contributed by atoms with Crippen molar-refractivity contribution in [2.75, 3.05) is 10.6 Å². The zero-order valence-corrected chi connectivity index (χ0v) is 15.6. The van der Waals surface area contributed by atoms with Crippen LogP contribution in [0.25, 0.3) is 0 Å². The van der Waals surface area contributed by atoms with Gasteiger partial charge in [0.25, 0.3) is 0 Å². The molecular weight excluding hydrogens is 364 g/mol. The molecule has 1 aromatic carbocycles. The maximum atomic E-state index is 9.80. The summed E-state index contributed by atoms with van der Waals surface area (Å²) in [5.74, 6) is 1.17. The molecule has 0 amide bonds. The van der Waals surface area contributed by atoms with Crippen LogP contribution in [0.5, 0.6) is 0 Å². The Morgan fingerprint density at radius 3 is 3.07 bits per heavy atom. The van der Waals surface area contributed by atoms with Gasteiger partial charge in [-0.1, -0.05) is 11.6 Å². The van der Waals surface area contributed by atoms with Crippen molar-refractivity contribution in [3.05, 3.63) is 34.5 Å². The van der Waals surface area contributed by atoms with Gasteiger partial charge in [-0.15, -0.1) is 0 Å². The highest BCUT2D eigenvalue weighted by molar-refractivity contribution is 6.65. The molecule has 1 fully saturated rings. The Morgan fingerprint density at radius 2 is 2.26 bits per heavy atom. The third-order valence-corrected chi connectivity index (χ3v) is 5.40. The summed E-state index contributed by atoms with van der Waals surface area (Å²) in [6.45, 7) is 2.25. The number of nitrogens with zero attached hydrogens (tertiary/aromatic N) is 3. The first kappa shape index (κ1) is 18.0. The SMILES string of the molecule is Cc1cnc(Nc2cc(Cl)c3c(c2)COB3O)nc1N[C@@H]1CCC[C@H]1C#N. The van der Waals surface area contributed by atoms with E-state index >= 15 is 0 Å². The third-order valence-electron chi connectivity index (χ3n) is 5.09. The van der Waals surface area contributed by atoms with E-state index in [-0.39, 0.29) is 12.0 Å². The number of nitrogens with one attached hydrogen (secondary N) is 2. The average Bonchev–Trinajstić information content (AvgIpc) is 3.24. The van der Waals surface area contributed by atoms with Gasteiger partial charge in [0, 0.05) is 34.0 Å². The molecule has 2 atom stereocenters. The molecule has 1 saturated carbocycles. The summed E-state index contributed by atoms with van der Waals surface area (Å²) in [6, 6.07) is 6.08. The second-order valence-corrected chi connectivity index (χ2v) is 7.37. The molecule has 2 heterocycles. The van der Waals surface area contributed by atoms with E-state index < -0.39 is 7.12 Å². The molecule has 4 rings (SSSR count). The average molecular weight is 384 g/mol. The van der Waals surface area contributed by atoms with Gasteiger partial charge < -0.3 is 20.3 Å². The van der Waals surface area contributed by atoms with Crippen molar-refractivity contribution in [2.45, 2.75) is 38.8 Å². The van der Waals surface area contributed by atoms with E-state index in [1.807, 2.05) is 13.0 Å². The quantitative estimate of drug-likeness (QED) is 0.697. The topological polar surface area (TPSA) is 103 Å². The lowest BCUT2D eigenvalue weighted by atomic mass is 9.79. The Hall–Kier alpha value is -2.34. The van der Waals surface area contributed by atoms with Gasteiger partial charge in [0.2, 0.25) is 5.95 Å². The molecule has 0 bridgehead atoms. The standard InChI is InChI=1S/C18H19BClN5O2/c1-10-8-22-18(25-17(10)24-15-4-2-3-11(15)7-21)23-13-5-12-9-27-19(26)16(12)14(20)6-13/h5-6,8,11,15,26H,2-4,9H2,1H3,(H2,22,23,24,25)/t11-,15+/m0/s1. The number of aromatic nitrogens is 2. The van der Waals surface area contributed by atoms with Gasteiger partial charge in [-0.05, 0) is 43.9 Å². The highest BCUT2D eigenvalue weighted by atomic mass is 35.5. The van der Waals surface area contributed by atoms with Crippen molar-refractivity contribution in [3.8, 4) is 6.07 Å². The minimum absolute atomic E-state index is 0.0118. The highest BCUT2D eigenvalue weighted by Crippen LogP contribution is 2.29. The monoisotopic (exact) mass is 383 g/mol. The van der Waals surface area contributed by atoms with Crippen molar-refractivity contribution in [2.24, 2.45) is 5.92 Å². The summed E-state index contributed by atoms with van der Waals surface area (Å²) in [7, 11) is -0.979. The number of rotatable bonds is 4. The van der Waals surface area contributed by atoms with Crippen molar-refractivity contribution >= 4 is 41.6 Å². The van der Waals surface area contributed by atoms with Crippen LogP contribution >= 0.6 is 11.6 Å². The molecule has 0 spiro atoms. The minimum Gasteiger partial charge on any atom is -0.423 e. The minimum atomic E-state index is -0.979. The zero-order chi connectivity index (χ0) is 19.0. The maximum Gasteiger partial charge on any atom is 0.493 e. The first-order valence-corrected chi connectivity index (χ1v) is 9.31. The summed E-state index contributed by atoms with van der Waals surface area (Å²) in [4.78, 5) is 8.91. The second kappa shape index (κ2) is 7.35. The smallest absolute Gasteiger partial charge is 0.423 e. The summed E-state index contributed by atoms with van der Waals surface area (Å²) >= 11 is 6.27. The first-order valence-electron chi connectivity index (χ1n) is 8.94. The molecule has 2 aliphatic rings. The lowest BCUT2D eigenvalue weighted by Gasteiger charge is -2.18. The van der Waals surface area contributed by atoms with E-state index in [1.54, 1.807) is 12.3 Å². The number of aryl methyl sites for hydroxylation is 1. The lowest BCUT2D eigenvalue weighted by Crippen LogP contribution is -2.29. The molecule has 2 aromatic rings. The molecule has 1 aliphatic carbocycles. The zero-order valence-electron chi connectivity index (χ0n) is 14.9. The summed E-state index contributed by atoms with van der Waals surface area (Å²) in [6.07, 6.45) is 4.68. The number of halogens is 1. The second-order valence-electron chi connectivity index (χ2n) is 6.96. The third kappa shape index (κ3) is 3.58. The van der Waals surface area contributed by atoms with Gasteiger partial charge in [-0.25, -0.2) is 4.98 Å². The molecule has 3 N–H and O–H groups in total. The molecule has 0 radical (unpaired) electrons. The van der Waals surface area contributed by atoms with E-state index in [1.165, 1.54) is 0 Å². The molecule has 0 unspecified atom stereocenters. The van der Waals surface area contributed by atoms with Crippen LogP contribution in [0.2, 0.25) is 5.02 Å². The Kier molecular flexibility index (Phi) is 4.91. The number of anilines is 3. The Balaban J connectivity index is 1.55. The van der Waals surface area contributed by atoms with E-state index in [4.69, 9.17) is 16.3 Å². The molecule has 7 nitrogen and oxygen atoms in total. The van der Waals surface area contributed by atoms with Gasteiger partial charge >= 0.3 is 7.12 Å². The van der Waals surface area contributed by atoms with Crippen LogP contribution in [-0.4, -0.2) is 28.2 Å². The van der Waals surface area contributed by atoms with Crippen molar-refractivity contribution < 1.29 is 9.68 Å². The molecule has 27 heavy (non-hydrogen) atoms. The maximum absolute atomic E-state index is 9.80. The number of hydrogen-bond acceptors (Lipinski definition) is 7. The van der Waals surface area contributed by atoms with Gasteiger partial charge in [-0.2, -0.15) is 10.2 Å². The summed E-state index contributed by atoms with van der Waals surface area (Å²) in [5.41, 5.74) is 3.10. The molecule has 138 valence electrons. The Labute approximate surface area is 162 Å². The van der Waals surface area contributed by atoms with E-state index in [0.717, 1.165) is 41.9 Å². The van der Waals surface area contributed by atoms with Crippen LogP contribution in [0.15, 0.2) is 18.3 Å². The van der Waals surface area contributed by atoms with Crippen LogP contribution in [0.4, 0.5) is 17.5 Å². The van der Waals surface area contributed by atoms with Crippen LogP contribution in [0, 0.1) is 24.2 Å². The van der Waals surface area contributed by atoms with Crippen LogP contribution in [0.1, 0.15) is 30.4 Å². The molecule has 1 aromatic heterocycles. The number of hydrogen-bond donors (Lipinski definition) is 3. The summed E-state index contributed by atoms with van der Waals surface area (Å²) in [5, 5.41) is 26.1. The lowest BCUT2D eigenvalue weighted by molar-refractivity contribution is 0.275. The fourth-order valence-electron chi connectivity index (χ4n) is 3.64. The van der Waals surface area contributed by atoms with Crippen LogP contribution < -0.4 is 16.1 Å². The number of fused-ring (bicyclic) bond motifs is 1. The normalized spacial score (nSPS) is 21.0. The van der Waals surface area contributed by atoms with Gasteiger partial charge in [0.05, 0.1) is 18.6 Å². The fourth-order valence-corrected chi connectivity index (χ4v) is 3.97. The van der Waals surface area contributed by atoms with Crippen molar-refractivity contribution in [1.82, 2.24) is 9.97 Å².